The zero-order valence-corrected chi connectivity index (χ0v) is 18.2. The summed E-state index contributed by atoms with van der Waals surface area (Å²) in [5.41, 5.74) is 4.10. The summed E-state index contributed by atoms with van der Waals surface area (Å²) < 4.78 is 0. The number of likely N-dealkylation sites (tertiary alicyclic amines) is 1. The summed E-state index contributed by atoms with van der Waals surface area (Å²) in [4.78, 5) is 29.5. The molecule has 0 amide bonds. The number of carboxylic acid groups (broad SMARTS) is 1. The molecule has 4 aliphatic rings. The Morgan fingerprint density at radius 3 is 2.77 bits per heavy atom. The van der Waals surface area contributed by atoms with Crippen LogP contribution in [0.1, 0.15) is 39.0 Å². The van der Waals surface area contributed by atoms with Crippen LogP contribution in [0.25, 0.3) is 0 Å². The molecule has 3 aliphatic carbocycles. The van der Waals surface area contributed by atoms with E-state index in [9.17, 15) is 19.8 Å². The molecule has 8 heteroatoms. The predicted molar refractivity (Wildman–Crippen MR) is 109 cm³/mol. The summed E-state index contributed by atoms with van der Waals surface area (Å²) >= 11 is 0. The second-order valence-electron chi connectivity index (χ2n) is 9.93. The first-order valence-electron chi connectivity index (χ1n) is 11.1. The first-order chi connectivity index (χ1) is 14.2. The van der Waals surface area contributed by atoms with E-state index in [1.54, 1.807) is 7.05 Å². The number of guanidine groups is 1. The Bertz CT molecular complexity index is 826. The van der Waals surface area contributed by atoms with Gasteiger partial charge in [-0.15, -0.1) is 0 Å². The van der Waals surface area contributed by atoms with E-state index >= 15 is 0 Å². The fourth-order valence-electron chi connectivity index (χ4n) is 8.11. The van der Waals surface area contributed by atoms with Crippen molar-refractivity contribution < 1.29 is 24.7 Å². The molecule has 4 rings (SSSR count). The van der Waals surface area contributed by atoms with E-state index in [4.69, 9.17) is 5.73 Å². The highest BCUT2D eigenvalue weighted by Gasteiger charge is 2.75. The topological polar surface area (TPSA) is 132 Å². The highest BCUT2D eigenvalue weighted by atomic mass is 16.4. The van der Waals surface area contributed by atoms with E-state index in [2.05, 4.69) is 17.2 Å². The van der Waals surface area contributed by atoms with Gasteiger partial charge in [0.15, 0.2) is 6.29 Å². The summed E-state index contributed by atoms with van der Waals surface area (Å²) in [5, 5.41) is 26.7. The number of aliphatic carboxylic acids is 1. The third-order valence-electron chi connectivity index (χ3n) is 9.10. The monoisotopic (exact) mass is 418 g/mol. The predicted octanol–water partition coefficient (Wildman–Crippen LogP) is -2.14. The van der Waals surface area contributed by atoms with Crippen molar-refractivity contribution >= 4 is 18.2 Å². The molecular formula is C22H34N4O4. The van der Waals surface area contributed by atoms with Crippen LogP contribution in [0.2, 0.25) is 0 Å². The second kappa shape index (κ2) is 7.14. The number of aldehydes is 1. The molecule has 7 unspecified atom stereocenters. The van der Waals surface area contributed by atoms with Crippen molar-refractivity contribution in [2.45, 2.75) is 44.6 Å². The number of nitrogens with zero attached hydrogens (tertiary/aromatic N) is 1. The molecule has 166 valence electrons. The lowest BCUT2D eigenvalue weighted by atomic mass is 9.45. The van der Waals surface area contributed by atoms with Crippen molar-refractivity contribution in [2.75, 3.05) is 33.7 Å². The molecule has 2 spiro atoms. The van der Waals surface area contributed by atoms with Crippen LogP contribution in [-0.4, -0.2) is 62.7 Å². The maximum atomic E-state index is 12.2. The quantitative estimate of drug-likeness (QED) is 0.234. The van der Waals surface area contributed by atoms with Gasteiger partial charge in [0.2, 0.25) is 0 Å². The molecular weight excluding hydrogens is 384 g/mol. The van der Waals surface area contributed by atoms with Gasteiger partial charge in [0.25, 0.3) is 5.96 Å². The number of carboxylic acids is 1. The van der Waals surface area contributed by atoms with Gasteiger partial charge in [0, 0.05) is 29.9 Å². The molecule has 2 saturated carbocycles. The molecule has 1 aliphatic heterocycles. The molecule has 7 atom stereocenters. The van der Waals surface area contributed by atoms with E-state index in [1.165, 1.54) is 0 Å². The summed E-state index contributed by atoms with van der Waals surface area (Å²) in [6, 6.07) is 0. The summed E-state index contributed by atoms with van der Waals surface area (Å²) in [5.74, 6) is -0.0782. The number of rotatable bonds is 4. The maximum absolute atomic E-state index is 12.2. The van der Waals surface area contributed by atoms with Gasteiger partial charge in [-0.3, -0.25) is 9.69 Å². The number of carbonyl (C=O) groups is 2. The van der Waals surface area contributed by atoms with Crippen LogP contribution in [0.15, 0.2) is 16.1 Å². The van der Waals surface area contributed by atoms with E-state index in [0.29, 0.717) is 30.5 Å². The standard InChI is InChI=1S/C22H34N4O4/c1-13-4-5-14-8-16-17(18(28)29)20(30,12-27)10-21(13,16)22(14)11-26(19(23)25-3)7-6-15(22)9-24-2/h12-15,24,30H,4-11H2,1-3H3,(H2,23,25)(H,28,29). The minimum absolute atomic E-state index is 0.135. The Hall–Kier alpha value is -1.77. The Morgan fingerprint density at radius 1 is 1.43 bits per heavy atom. The Balaban J connectivity index is 1.97. The third kappa shape index (κ3) is 2.47. The number of nitrogens with two attached hydrogens (primary N) is 1. The van der Waals surface area contributed by atoms with Crippen LogP contribution in [0.3, 0.4) is 0 Å². The number of allylic oxidation sites excluding steroid dienone is 1. The Morgan fingerprint density at radius 2 is 2.17 bits per heavy atom. The molecule has 1 heterocycles. The van der Waals surface area contributed by atoms with Crippen LogP contribution in [0, 0.1) is 28.6 Å². The van der Waals surface area contributed by atoms with Crippen molar-refractivity contribution in [3.63, 3.8) is 0 Å². The minimum Gasteiger partial charge on any atom is -0.545 e. The number of aliphatic imine (C=N–C) groups is 1. The smallest absolute Gasteiger partial charge is 0.293 e. The molecule has 3 fully saturated rings. The highest BCUT2D eigenvalue weighted by molar-refractivity contribution is 5.96. The fraction of sp³-hybridized carbons (Fsp3) is 0.773. The summed E-state index contributed by atoms with van der Waals surface area (Å²) in [6.07, 6.45) is 4.08. The first kappa shape index (κ1) is 21.5. The summed E-state index contributed by atoms with van der Waals surface area (Å²) in [6.45, 7) is 4.60. The van der Waals surface area contributed by atoms with Gasteiger partial charge in [0.1, 0.15) is 5.60 Å². The van der Waals surface area contributed by atoms with E-state index in [1.807, 2.05) is 7.05 Å². The van der Waals surface area contributed by atoms with Crippen molar-refractivity contribution in [2.24, 2.45) is 39.3 Å². The van der Waals surface area contributed by atoms with E-state index in [-0.39, 0.29) is 23.3 Å². The molecule has 0 aromatic rings. The highest BCUT2D eigenvalue weighted by Crippen LogP contribution is 2.76. The number of nitrogens with one attached hydrogen (secondary N) is 2. The van der Waals surface area contributed by atoms with Gasteiger partial charge >= 0.3 is 0 Å². The zero-order chi connectivity index (χ0) is 21.9. The fourth-order valence-corrected chi connectivity index (χ4v) is 8.11. The van der Waals surface area contributed by atoms with Crippen molar-refractivity contribution in [3.8, 4) is 0 Å². The Labute approximate surface area is 177 Å². The van der Waals surface area contributed by atoms with Gasteiger partial charge in [-0.25, -0.2) is 4.99 Å². The zero-order valence-electron chi connectivity index (χ0n) is 18.2. The minimum atomic E-state index is -1.98. The average Bonchev–Trinajstić information content (AvgIpc) is 3.07. The molecule has 2 bridgehead atoms. The molecule has 1 saturated heterocycles. The largest absolute Gasteiger partial charge is 0.545 e. The van der Waals surface area contributed by atoms with Gasteiger partial charge in [0.05, 0.1) is 19.1 Å². The number of carbonyl (C=O) groups excluding carboxylic acids is 2. The van der Waals surface area contributed by atoms with Crippen LogP contribution in [0.5, 0.6) is 0 Å². The van der Waals surface area contributed by atoms with Crippen molar-refractivity contribution in [3.05, 3.63) is 11.1 Å². The Kier molecular flexibility index (Phi) is 5.11. The third-order valence-corrected chi connectivity index (χ3v) is 9.10. The lowest BCUT2D eigenvalue weighted by Crippen LogP contribution is -3.19. The molecule has 30 heavy (non-hydrogen) atoms. The number of hydrogen-bond acceptors (Lipinski definition) is 6. The first-order valence-corrected chi connectivity index (χ1v) is 11.1. The normalized spacial score (nSPS) is 45.7. The molecule has 5 N–H and O–H groups in total. The lowest BCUT2D eigenvalue weighted by molar-refractivity contribution is -0.828. The lowest BCUT2D eigenvalue weighted by Gasteiger charge is -2.60. The van der Waals surface area contributed by atoms with E-state index in [0.717, 1.165) is 49.4 Å². The molecule has 0 aromatic carbocycles. The van der Waals surface area contributed by atoms with Gasteiger partial charge in [-0.1, -0.05) is 12.5 Å². The van der Waals surface area contributed by atoms with Gasteiger partial charge < -0.3 is 26.1 Å². The van der Waals surface area contributed by atoms with Crippen LogP contribution >= 0.6 is 0 Å². The number of quaternary nitrogens is 1. The second-order valence-corrected chi connectivity index (χ2v) is 9.93. The number of aliphatic hydroxyl groups is 1. The SMILES string of the molecule is CN=C(N)[NH+]1CCC(CNC)C2(C1)C1CCC(C)C23CC(O)(C=O)C(C(=O)[O-])=C3C1. The van der Waals surface area contributed by atoms with Gasteiger partial charge in [-0.05, 0) is 57.0 Å². The van der Waals surface area contributed by atoms with Crippen LogP contribution in [-0.2, 0) is 9.59 Å². The molecule has 0 radical (unpaired) electrons. The van der Waals surface area contributed by atoms with Gasteiger partial charge in [-0.2, -0.15) is 0 Å². The maximum Gasteiger partial charge on any atom is 0.293 e. The van der Waals surface area contributed by atoms with Crippen LogP contribution < -0.4 is 21.1 Å². The van der Waals surface area contributed by atoms with Crippen molar-refractivity contribution in [1.29, 1.82) is 0 Å². The average molecular weight is 419 g/mol. The number of piperidine rings is 1. The van der Waals surface area contributed by atoms with Crippen LogP contribution in [0.4, 0.5) is 0 Å². The molecule has 8 nitrogen and oxygen atoms in total. The van der Waals surface area contributed by atoms with E-state index < -0.39 is 17.0 Å². The number of hydrogen-bond donors (Lipinski definition) is 4. The van der Waals surface area contributed by atoms with Crippen molar-refractivity contribution in [1.82, 2.24) is 5.32 Å². The molecule has 0 aromatic heterocycles. The summed E-state index contributed by atoms with van der Waals surface area (Å²) in [7, 11) is 3.64.